The fourth-order valence-corrected chi connectivity index (χ4v) is 2.53. The highest BCUT2D eigenvalue weighted by Crippen LogP contribution is 2.30. The number of hydrogen-bond acceptors (Lipinski definition) is 6. The molecule has 0 bridgehead atoms. The predicted molar refractivity (Wildman–Crippen MR) is 74.4 cm³/mol. The van der Waals surface area contributed by atoms with Gasteiger partial charge in [0, 0.05) is 19.1 Å². The van der Waals surface area contributed by atoms with Crippen molar-refractivity contribution in [1.29, 1.82) is 0 Å². The molecule has 1 aliphatic rings. The van der Waals surface area contributed by atoms with Gasteiger partial charge in [0.2, 0.25) is 5.89 Å². The quantitative estimate of drug-likeness (QED) is 0.821. The standard InChI is InChI=1S/C14H25N3O3/c1-4-19-9-11(18)8-17-7-5-6-12(17)13-15-14(10(2)3)20-16-13/h10-12,18H,4-9H2,1-3H3/t11-,12+/m1/s1. The molecule has 0 aromatic carbocycles. The van der Waals surface area contributed by atoms with Gasteiger partial charge in [-0.1, -0.05) is 19.0 Å². The van der Waals surface area contributed by atoms with Gasteiger partial charge in [-0.2, -0.15) is 4.98 Å². The van der Waals surface area contributed by atoms with Crippen LogP contribution in [-0.2, 0) is 4.74 Å². The van der Waals surface area contributed by atoms with E-state index in [-0.39, 0.29) is 12.0 Å². The topological polar surface area (TPSA) is 71.6 Å². The molecule has 1 aromatic rings. The molecule has 1 aliphatic heterocycles. The maximum Gasteiger partial charge on any atom is 0.229 e. The fraction of sp³-hybridized carbons (Fsp3) is 0.857. The Morgan fingerprint density at radius 2 is 2.30 bits per heavy atom. The van der Waals surface area contributed by atoms with Gasteiger partial charge in [0.1, 0.15) is 0 Å². The van der Waals surface area contributed by atoms with E-state index in [9.17, 15) is 5.11 Å². The molecule has 0 saturated carbocycles. The van der Waals surface area contributed by atoms with Crippen LogP contribution in [0.3, 0.4) is 0 Å². The SMILES string of the molecule is CCOC[C@H](O)CN1CCC[C@H]1c1noc(C(C)C)n1. The third-order valence-electron chi connectivity index (χ3n) is 3.57. The number of aromatic nitrogens is 2. The molecule has 6 heteroatoms. The molecule has 1 N–H and O–H groups in total. The highest BCUT2D eigenvalue weighted by molar-refractivity contribution is 5.00. The van der Waals surface area contributed by atoms with Crippen LogP contribution < -0.4 is 0 Å². The van der Waals surface area contributed by atoms with E-state index in [2.05, 4.69) is 15.0 Å². The number of ether oxygens (including phenoxy) is 1. The number of aliphatic hydroxyl groups excluding tert-OH is 1. The van der Waals surface area contributed by atoms with Gasteiger partial charge in [0.25, 0.3) is 0 Å². The van der Waals surface area contributed by atoms with E-state index >= 15 is 0 Å². The summed E-state index contributed by atoms with van der Waals surface area (Å²) in [7, 11) is 0. The lowest BCUT2D eigenvalue weighted by Gasteiger charge is -2.24. The minimum Gasteiger partial charge on any atom is -0.389 e. The third-order valence-corrected chi connectivity index (χ3v) is 3.57. The van der Waals surface area contributed by atoms with Gasteiger partial charge in [-0.15, -0.1) is 0 Å². The zero-order valence-electron chi connectivity index (χ0n) is 12.6. The molecule has 114 valence electrons. The largest absolute Gasteiger partial charge is 0.389 e. The molecule has 1 fully saturated rings. The lowest BCUT2D eigenvalue weighted by Crippen LogP contribution is -2.35. The highest BCUT2D eigenvalue weighted by Gasteiger charge is 2.31. The van der Waals surface area contributed by atoms with Gasteiger partial charge in [0.15, 0.2) is 5.82 Å². The van der Waals surface area contributed by atoms with Gasteiger partial charge in [-0.05, 0) is 26.3 Å². The molecule has 2 heterocycles. The van der Waals surface area contributed by atoms with Crippen molar-refractivity contribution < 1.29 is 14.4 Å². The lowest BCUT2D eigenvalue weighted by atomic mass is 10.2. The Bertz CT molecular complexity index is 408. The normalized spacial score (nSPS) is 21.8. The molecule has 0 spiro atoms. The highest BCUT2D eigenvalue weighted by atomic mass is 16.5. The maximum atomic E-state index is 9.97. The minimum absolute atomic E-state index is 0.155. The first-order valence-electron chi connectivity index (χ1n) is 7.45. The molecule has 0 aliphatic carbocycles. The van der Waals surface area contributed by atoms with E-state index < -0.39 is 6.10 Å². The maximum absolute atomic E-state index is 9.97. The fourth-order valence-electron chi connectivity index (χ4n) is 2.53. The van der Waals surface area contributed by atoms with Crippen LogP contribution in [0.2, 0.25) is 0 Å². The van der Waals surface area contributed by atoms with Gasteiger partial charge in [-0.25, -0.2) is 0 Å². The van der Waals surface area contributed by atoms with Crippen molar-refractivity contribution in [2.75, 3.05) is 26.3 Å². The molecule has 1 aromatic heterocycles. The molecule has 6 nitrogen and oxygen atoms in total. The Kier molecular flexibility index (Phi) is 5.51. The smallest absolute Gasteiger partial charge is 0.229 e. The number of rotatable bonds is 7. The average Bonchev–Trinajstić information content (AvgIpc) is 3.04. The Morgan fingerprint density at radius 3 is 2.95 bits per heavy atom. The first kappa shape index (κ1) is 15.4. The number of likely N-dealkylation sites (tertiary alicyclic amines) is 1. The van der Waals surface area contributed by atoms with Crippen molar-refractivity contribution in [3.8, 4) is 0 Å². The number of β-amino-alcohol motifs (C(OH)–C–C–N with tert-alkyl or cyclic N) is 1. The van der Waals surface area contributed by atoms with Crippen molar-refractivity contribution in [3.63, 3.8) is 0 Å². The summed E-state index contributed by atoms with van der Waals surface area (Å²) in [5.74, 6) is 1.67. The molecule has 2 atom stereocenters. The summed E-state index contributed by atoms with van der Waals surface area (Å²) >= 11 is 0. The summed E-state index contributed by atoms with van der Waals surface area (Å²) in [5, 5.41) is 14.1. The third kappa shape index (κ3) is 3.77. The molecule has 20 heavy (non-hydrogen) atoms. The van der Waals surface area contributed by atoms with Gasteiger partial charge in [0.05, 0.1) is 18.8 Å². The molecule has 0 amide bonds. The van der Waals surface area contributed by atoms with Crippen LogP contribution in [0.1, 0.15) is 57.3 Å². The van der Waals surface area contributed by atoms with E-state index in [0.29, 0.717) is 25.6 Å². The molecule has 0 radical (unpaired) electrons. The molecule has 1 saturated heterocycles. The lowest BCUT2D eigenvalue weighted by molar-refractivity contribution is 0.0179. The van der Waals surface area contributed by atoms with Crippen molar-refractivity contribution in [2.45, 2.75) is 51.7 Å². The van der Waals surface area contributed by atoms with Crippen LogP contribution in [0.15, 0.2) is 4.52 Å². The monoisotopic (exact) mass is 283 g/mol. The summed E-state index contributed by atoms with van der Waals surface area (Å²) in [4.78, 5) is 6.70. The van der Waals surface area contributed by atoms with Crippen LogP contribution in [-0.4, -0.2) is 52.6 Å². The van der Waals surface area contributed by atoms with Crippen LogP contribution in [0, 0.1) is 0 Å². The number of hydrogen-bond donors (Lipinski definition) is 1. The van der Waals surface area contributed by atoms with Crippen molar-refractivity contribution in [3.05, 3.63) is 11.7 Å². The van der Waals surface area contributed by atoms with E-state index in [1.807, 2.05) is 20.8 Å². The second kappa shape index (κ2) is 7.15. The molecule has 2 rings (SSSR count). The molecular weight excluding hydrogens is 258 g/mol. The summed E-state index contributed by atoms with van der Waals surface area (Å²) in [6, 6.07) is 0.155. The Balaban J connectivity index is 1.95. The van der Waals surface area contributed by atoms with Crippen molar-refractivity contribution >= 4 is 0 Å². The van der Waals surface area contributed by atoms with Gasteiger partial charge in [-0.3, -0.25) is 4.90 Å². The van der Waals surface area contributed by atoms with Crippen molar-refractivity contribution in [1.82, 2.24) is 15.0 Å². The average molecular weight is 283 g/mol. The van der Waals surface area contributed by atoms with Crippen LogP contribution in [0.4, 0.5) is 0 Å². The predicted octanol–water partition coefficient (Wildman–Crippen LogP) is 1.73. The van der Waals surface area contributed by atoms with Crippen LogP contribution in [0.25, 0.3) is 0 Å². The zero-order chi connectivity index (χ0) is 14.5. The van der Waals surface area contributed by atoms with E-state index in [0.717, 1.165) is 25.2 Å². The number of aliphatic hydroxyl groups is 1. The van der Waals surface area contributed by atoms with E-state index in [1.165, 1.54) is 0 Å². The van der Waals surface area contributed by atoms with Crippen LogP contribution in [0.5, 0.6) is 0 Å². The second-order valence-corrected chi connectivity index (χ2v) is 5.61. The zero-order valence-corrected chi connectivity index (χ0v) is 12.6. The summed E-state index contributed by atoms with van der Waals surface area (Å²) < 4.78 is 10.5. The van der Waals surface area contributed by atoms with Gasteiger partial charge < -0.3 is 14.4 Å². The molecular formula is C14H25N3O3. The number of nitrogens with zero attached hydrogens (tertiary/aromatic N) is 3. The first-order valence-corrected chi connectivity index (χ1v) is 7.45. The van der Waals surface area contributed by atoms with Crippen LogP contribution >= 0.6 is 0 Å². The summed E-state index contributed by atoms with van der Waals surface area (Å²) in [6.45, 7) is 8.56. The first-order chi connectivity index (χ1) is 9.61. The Labute approximate surface area is 120 Å². The Hall–Kier alpha value is -0.980. The van der Waals surface area contributed by atoms with Crippen molar-refractivity contribution in [2.24, 2.45) is 0 Å². The Morgan fingerprint density at radius 1 is 1.50 bits per heavy atom. The van der Waals surface area contributed by atoms with E-state index in [1.54, 1.807) is 0 Å². The summed E-state index contributed by atoms with van der Waals surface area (Å²) in [6.07, 6.45) is 1.64. The molecule has 0 unspecified atom stereocenters. The van der Waals surface area contributed by atoms with E-state index in [4.69, 9.17) is 9.26 Å². The minimum atomic E-state index is -0.466. The summed E-state index contributed by atoms with van der Waals surface area (Å²) in [5.41, 5.74) is 0. The second-order valence-electron chi connectivity index (χ2n) is 5.61. The van der Waals surface area contributed by atoms with Gasteiger partial charge >= 0.3 is 0 Å².